The smallest absolute Gasteiger partial charge is 0.268 e. The molecule has 1 aromatic rings. The van der Waals surface area contributed by atoms with Crippen LogP contribution in [0.15, 0.2) is 12.1 Å². The van der Waals surface area contributed by atoms with Crippen molar-refractivity contribution in [2.45, 2.75) is 12.5 Å². The van der Waals surface area contributed by atoms with E-state index in [1.165, 1.54) is 13.2 Å². The number of aliphatic hydroxyl groups is 1. The van der Waals surface area contributed by atoms with Gasteiger partial charge in [0, 0.05) is 16.7 Å². The Morgan fingerprint density at radius 3 is 2.47 bits per heavy atom. The zero-order valence-electron chi connectivity index (χ0n) is 7.75. The van der Waals surface area contributed by atoms with E-state index < -0.39 is 18.3 Å². The number of phenolic OH excluding ortho intramolecular Hbond substituents is 1. The van der Waals surface area contributed by atoms with Gasteiger partial charge in [0.25, 0.3) is 6.43 Å². The van der Waals surface area contributed by atoms with E-state index in [4.69, 9.17) is 21.4 Å². The predicted octanol–water partition coefficient (Wildman–Crippen LogP) is 2.35. The number of aromatic hydroxyl groups is 1. The summed E-state index contributed by atoms with van der Waals surface area (Å²) < 4.78 is 29.1. The topological polar surface area (TPSA) is 49.7 Å². The third-order valence-corrected chi connectivity index (χ3v) is 2.06. The van der Waals surface area contributed by atoms with Crippen LogP contribution in [-0.2, 0) is 0 Å². The highest BCUT2D eigenvalue weighted by atomic mass is 35.5. The number of hydrogen-bond acceptors (Lipinski definition) is 3. The molecule has 3 nitrogen and oxygen atoms in total. The summed E-state index contributed by atoms with van der Waals surface area (Å²) in [7, 11) is 1.25. The van der Waals surface area contributed by atoms with E-state index in [2.05, 4.69) is 0 Å². The lowest BCUT2D eigenvalue weighted by molar-refractivity contribution is -0.00712. The van der Waals surface area contributed by atoms with Gasteiger partial charge in [0.1, 0.15) is 6.10 Å². The number of alkyl halides is 2. The van der Waals surface area contributed by atoms with Gasteiger partial charge in [-0.25, -0.2) is 8.78 Å². The molecule has 0 aromatic heterocycles. The summed E-state index contributed by atoms with van der Waals surface area (Å²) in [5, 5.41) is 18.7. The second kappa shape index (κ2) is 4.63. The number of hydrogen-bond donors (Lipinski definition) is 2. The molecular weight excluding hydrogens is 230 g/mol. The average Bonchev–Trinajstić information content (AvgIpc) is 2.19. The van der Waals surface area contributed by atoms with Gasteiger partial charge < -0.3 is 14.9 Å². The monoisotopic (exact) mass is 238 g/mol. The molecule has 0 fully saturated rings. The fraction of sp³-hybridized carbons (Fsp3) is 0.333. The molecule has 0 spiro atoms. The van der Waals surface area contributed by atoms with Crippen molar-refractivity contribution in [2.75, 3.05) is 7.11 Å². The van der Waals surface area contributed by atoms with Crippen LogP contribution < -0.4 is 4.74 Å². The van der Waals surface area contributed by atoms with Crippen LogP contribution in [-0.4, -0.2) is 23.7 Å². The number of rotatable bonds is 3. The Balaban J connectivity index is 3.22. The molecule has 0 radical (unpaired) electrons. The first-order valence-electron chi connectivity index (χ1n) is 4.00. The van der Waals surface area contributed by atoms with E-state index in [0.717, 1.165) is 6.07 Å². The van der Waals surface area contributed by atoms with Crippen LogP contribution in [0.25, 0.3) is 0 Å². The van der Waals surface area contributed by atoms with Gasteiger partial charge in [-0.15, -0.1) is 0 Å². The normalized spacial score (nSPS) is 12.9. The lowest BCUT2D eigenvalue weighted by Gasteiger charge is -2.14. The SMILES string of the molecule is COc1cc(Cl)cc(C(O)C(F)F)c1O. The number of methoxy groups -OCH3 is 1. The van der Waals surface area contributed by atoms with Gasteiger partial charge in [-0.2, -0.15) is 0 Å². The molecule has 2 N–H and O–H groups in total. The van der Waals surface area contributed by atoms with E-state index in [0.29, 0.717) is 0 Å². The Morgan fingerprint density at radius 1 is 1.40 bits per heavy atom. The molecule has 0 heterocycles. The minimum absolute atomic E-state index is 0.0581. The Labute approximate surface area is 89.9 Å². The van der Waals surface area contributed by atoms with Crippen molar-refractivity contribution < 1.29 is 23.7 Å². The van der Waals surface area contributed by atoms with Gasteiger partial charge in [0.15, 0.2) is 11.5 Å². The largest absolute Gasteiger partial charge is 0.504 e. The van der Waals surface area contributed by atoms with Crippen LogP contribution in [0.1, 0.15) is 11.7 Å². The standard InChI is InChI=1S/C9H9ClF2O3/c1-15-6-3-4(10)2-5(7(6)13)8(14)9(11)12/h2-3,8-9,13-14H,1H3. The van der Waals surface area contributed by atoms with E-state index in [1.54, 1.807) is 0 Å². The minimum atomic E-state index is -3.00. The van der Waals surface area contributed by atoms with Crippen molar-refractivity contribution in [1.82, 2.24) is 0 Å². The second-order valence-corrected chi connectivity index (χ2v) is 3.26. The number of phenols is 1. The quantitative estimate of drug-likeness (QED) is 0.850. The molecule has 0 aliphatic heterocycles. The third-order valence-electron chi connectivity index (χ3n) is 1.85. The van der Waals surface area contributed by atoms with Crippen LogP contribution in [0.4, 0.5) is 8.78 Å². The lowest BCUT2D eigenvalue weighted by atomic mass is 10.1. The molecule has 0 aliphatic carbocycles. The number of ether oxygens (including phenoxy) is 1. The Kier molecular flexibility index (Phi) is 3.71. The molecular formula is C9H9ClF2O3. The molecule has 6 heteroatoms. The first-order valence-corrected chi connectivity index (χ1v) is 4.37. The van der Waals surface area contributed by atoms with Gasteiger partial charge in [0.05, 0.1) is 7.11 Å². The third kappa shape index (κ3) is 2.49. The lowest BCUT2D eigenvalue weighted by Crippen LogP contribution is -2.08. The summed E-state index contributed by atoms with van der Waals surface area (Å²) in [4.78, 5) is 0. The Bertz CT molecular complexity index is 357. The molecule has 0 saturated carbocycles. The molecule has 1 rings (SSSR count). The minimum Gasteiger partial charge on any atom is -0.504 e. The van der Waals surface area contributed by atoms with Crippen LogP contribution in [0.2, 0.25) is 5.02 Å². The summed E-state index contributed by atoms with van der Waals surface area (Å²) in [6, 6.07) is 2.33. The molecule has 1 atom stereocenters. The first-order chi connectivity index (χ1) is 6.97. The highest BCUT2D eigenvalue weighted by Gasteiger charge is 2.24. The molecule has 84 valence electrons. The van der Waals surface area contributed by atoms with Crippen molar-refractivity contribution >= 4 is 11.6 Å². The van der Waals surface area contributed by atoms with Crippen LogP contribution >= 0.6 is 11.6 Å². The Hall–Kier alpha value is -1.07. The maximum absolute atomic E-state index is 12.2. The van der Waals surface area contributed by atoms with E-state index in [1.807, 2.05) is 0 Å². The molecule has 0 bridgehead atoms. The molecule has 15 heavy (non-hydrogen) atoms. The molecule has 0 aliphatic rings. The molecule has 0 saturated heterocycles. The molecule has 1 aromatic carbocycles. The fourth-order valence-corrected chi connectivity index (χ4v) is 1.33. The second-order valence-electron chi connectivity index (χ2n) is 2.83. The van der Waals surface area contributed by atoms with Crippen molar-refractivity contribution in [3.8, 4) is 11.5 Å². The van der Waals surface area contributed by atoms with Crippen molar-refractivity contribution in [1.29, 1.82) is 0 Å². The van der Waals surface area contributed by atoms with Crippen molar-refractivity contribution in [3.63, 3.8) is 0 Å². The van der Waals surface area contributed by atoms with Gasteiger partial charge in [-0.05, 0) is 6.07 Å². The zero-order valence-corrected chi connectivity index (χ0v) is 8.50. The molecule has 0 amide bonds. The van der Waals surface area contributed by atoms with E-state index >= 15 is 0 Å². The van der Waals surface area contributed by atoms with Crippen molar-refractivity contribution in [2.24, 2.45) is 0 Å². The summed E-state index contributed by atoms with van der Waals surface area (Å²) in [5.74, 6) is -0.591. The highest BCUT2D eigenvalue weighted by molar-refractivity contribution is 6.30. The van der Waals surface area contributed by atoms with Gasteiger partial charge >= 0.3 is 0 Å². The fourth-order valence-electron chi connectivity index (χ4n) is 1.11. The van der Waals surface area contributed by atoms with Gasteiger partial charge in [-0.3, -0.25) is 0 Å². The maximum Gasteiger partial charge on any atom is 0.268 e. The summed E-state index contributed by atoms with van der Waals surface area (Å²) >= 11 is 5.60. The number of benzene rings is 1. The Morgan fingerprint density at radius 2 is 2.00 bits per heavy atom. The van der Waals surface area contributed by atoms with Gasteiger partial charge in [0.2, 0.25) is 0 Å². The van der Waals surface area contributed by atoms with Crippen LogP contribution in [0.3, 0.4) is 0 Å². The maximum atomic E-state index is 12.2. The summed E-state index contributed by atoms with van der Waals surface area (Å²) in [6.45, 7) is 0. The first kappa shape index (κ1) is 12.0. The number of aliphatic hydroxyl groups excluding tert-OH is 1. The van der Waals surface area contributed by atoms with Crippen LogP contribution in [0.5, 0.6) is 11.5 Å². The van der Waals surface area contributed by atoms with Crippen LogP contribution in [0, 0.1) is 0 Å². The average molecular weight is 239 g/mol. The van der Waals surface area contributed by atoms with Gasteiger partial charge in [-0.1, -0.05) is 11.6 Å². The summed E-state index contributed by atoms with van der Waals surface area (Å²) in [5.41, 5.74) is -0.352. The number of halogens is 3. The van der Waals surface area contributed by atoms with E-state index in [9.17, 15) is 13.9 Å². The molecule has 1 unspecified atom stereocenters. The van der Waals surface area contributed by atoms with E-state index in [-0.39, 0.29) is 16.3 Å². The predicted molar refractivity (Wildman–Crippen MR) is 50.6 cm³/mol. The summed E-state index contributed by atoms with van der Waals surface area (Å²) in [6.07, 6.45) is -5.09. The zero-order chi connectivity index (χ0) is 11.6. The highest BCUT2D eigenvalue weighted by Crippen LogP contribution is 2.38. The van der Waals surface area contributed by atoms with Crippen molar-refractivity contribution in [3.05, 3.63) is 22.7 Å².